The highest BCUT2D eigenvalue weighted by molar-refractivity contribution is 5.59. The molecule has 0 heterocycles. The molecule has 0 aromatic heterocycles. The molecule has 3 heteroatoms. The summed E-state index contributed by atoms with van der Waals surface area (Å²) in [5.41, 5.74) is 2.14. The zero-order chi connectivity index (χ0) is 12.3. The van der Waals surface area contributed by atoms with Crippen LogP contribution in [0.5, 0.6) is 11.5 Å². The molecular formula is C13H21NO2. The second kappa shape index (κ2) is 4.64. The maximum Gasteiger partial charge on any atom is 0.163 e. The summed E-state index contributed by atoms with van der Waals surface area (Å²) in [6.45, 7) is 8.38. The van der Waals surface area contributed by atoms with E-state index in [1.54, 1.807) is 14.2 Å². The van der Waals surface area contributed by atoms with Crippen molar-refractivity contribution in [3.8, 4) is 11.5 Å². The van der Waals surface area contributed by atoms with Gasteiger partial charge in [0.25, 0.3) is 0 Å². The minimum Gasteiger partial charge on any atom is -0.493 e. The molecule has 1 aromatic carbocycles. The monoisotopic (exact) mass is 223 g/mol. The molecule has 0 amide bonds. The molecule has 1 aromatic rings. The molecule has 0 bridgehead atoms. The molecule has 0 unspecified atom stereocenters. The predicted octanol–water partition coefficient (Wildman–Crippen LogP) is 3.22. The Morgan fingerprint density at radius 3 is 2.12 bits per heavy atom. The second-order valence-corrected chi connectivity index (χ2v) is 4.90. The molecule has 16 heavy (non-hydrogen) atoms. The SMILES string of the molecule is COc1cc(NC(C)(C)C)cc(C)c1OC. The van der Waals surface area contributed by atoms with Crippen molar-refractivity contribution in [2.24, 2.45) is 0 Å². The van der Waals surface area contributed by atoms with Crippen LogP contribution in [-0.2, 0) is 0 Å². The van der Waals surface area contributed by atoms with Gasteiger partial charge in [0.15, 0.2) is 11.5 Å². The van der Waals surface area contributed by atoms with Crippen LogP contribution in [0.1, 0.15) is 26.3 Å². The largest absolute Gasteiger partial charge is 0.493 e. The van der Waals surface area contributed by atoms with Crippen molar-refractivity contribution < 1.29 is 9.47 Å². The molecule has 1 N–H and O–H groups in total. The van der Waals surface area contributed by atoms with E-state index in [0.29, 0.717) is 0 Å². The van der Waals surface area contributed by atoms with E-state index in [9.17, 15) is 0 Å². The number of anilines is 1. The van der Waals surface area contributed by atoms with Crippen molar-refractivity contribution in [1.82, 2.24) is 0 Å². The molecule has 0 spiro atoms. The number of benzene rings is 1. The lowest BCUT2D eigenvalue weighted by Gasteiger charge is -2.23. The fourth-order valence-corrected chi connectivity index (χ4v) is 1.66. The van der Waals surface area contributed by atoms with Gasteiger partial charge in [-0.2, -0.15) is 0 Å². The molecule has 90 valence electrons. The molecule has 0 atom stereocenters. The molecule has 0 saturated carbocycles. The summed E-state index contributed by atoms with van der Waals surface area (Å²) in [6.07, 6.45) is 0. The number of hydrogen-bond donors (Lipinski definition) is 1. The molecule has 0 aliphatic rings. The molecule has 0 saturated heterocycles. The van der Waals surface area contributed by atoms with Crippen molar-refractivity contribution in [1.29, 1.82) is 0 Å². The van der Waals surface area contributed by atoms with Gasteiger partial charge in [0.2, 0.25) is 0 Å². The van der Waals surface area contributed by atoms with Crippen LogP contribution in [0.3, 0.4) is 0 Å². The molecule has 0 radical (unpaired) electrons. The topological polar surface area (TPSA) is 30.5 Å². The number of aryl methyl sites for hydroxylation is 1. The van der Waals surface area contributed by atoms with E-state index < -0.39 is 0 Å². The van der Waals surface area contributed by atoms with Gasteiger partial charge in [-0.1, -0.05) is 0 Å². The van der Waals surface area contributed by atoms with E-state index >= 15 is 0 Å². The third kappa shape index (κ3) is 3.05. The Kier molecular flexibility index (Phi) is 3.68. The Balaban J connectivity index is 3.10. The van der Waals surface area contributed by atoms with E-state index in [2.05, 4.69) is 32.2 Å². The summed E-state index contributed by atoms with van der Waals surface area (Å²) in [7, 11) is 3.31. The van der Waals surface area contributed by atoms with Gasteiger partial charge in [-0.05, 0) is 39.3 Å². The summed E-state index contributed by atoms with van der Waals surface area (Å²) < 4.78 is 10.6. The van der Waals surface area contributed by atoms with Crippen molar-refractivity contribution in [2.45, 2.75) is 33.2 Å². The highest BCUT2D eigenvalue weighted by Crippen LogP contribution is 2.34. The van der Waals surface area contributed by atoms with Gasteiger partial charge < -0.3 is 14.8 Å². The molecular weight excluding hydrogens is 202 g/mol. The minimum atomic E-state index is 0.0338. The first-order chi connectivity index (χ1) is 7.37. The summed E-state index contributed by atoms with van der Waals surface area (Å²) in [4.78, 5) is 0. The molecule has 0 aliphatic heterocycles. The molecule has 0 fully saturated rings. The number of nitrogens with one attached hydrogen (secondary N) is 1. The van der Waals surface area contributed by atoms with E-state index in [4.69, 9.17) is 9.47 Å². The molecule has 0 aliphatic carbocycles. The van der Waals surface area contributed by atoms with E-state index in [-0.39, 0.29) is 5.54 Å². The lowest BCUT2D eigenvalue weighted by molar-refractivity contribution is 0.353. The Morgan fingerprint density at radius 1 is 1.06 bits per heavy atom. The molecule has 3 nitrogen and oxygen atoms in total. The summed E-state index contributed by atoms with van der Waals surface area (Å²) in [5.74, 6) is 1.55. The minimum absolute atomic E-state index is 0.0338. The van der Waals surface area contributed by atoms with Gasteiger partial charge in [0.1, 0.15) is 0 Å². The van der Waals surface area contributed by atoms with Crippen LogP contribution in [0, 0.1) is 6.92 Å². The van der Waals surface area contributed by atoms with Gasteiger partial charge in [-0.25, -0.2) is 0 Å². The number of methoxy groups -OCH3 is 2. The lowest BCUT2D eigenvalue weighted by atomic mass is 10.1. The fourth-order valence-electron chi connectivity index (χ4n) is 1.66. The van der Waals surface area contributed by atoms with E-state index in [0.717, 1.165) is 22.7 Å². The Morgan fingerprint density at radius 2 is 1.69 bits per heavy atom. The number of hydrogen-bond acceptors (Lipinski definition) is 3. The van der Waals surface area contributed by atoms with Crippen LogP contribution in [0.25, 0.3) is 0 Å². The zero-order valence-corrected chi connectivity index (χ0v) is 11.0. The van der Waals surface area contributed by atoms with Gasteiger partial charge >= 0.3 is 0 Å². The van der Waals surface area contributed by atoms with E-state index in [1.165, 1.54) is 0 Å². The Labute approximate surface area is 97.8 Å². The molecule has 1 rings (SSSR count). The quantitative estimate of drug-likeness (QED) is 0.853. The van der Waals surface area contributed by atoms with Crippen molar-refractivity contribution >= 4 is 5.69 Å². The first-order valence-corrected chi connectivity index (χ1v) is 5.38. The van der Waals surface area contributed by atoms with Crippen LogP contribution in [0.4, 0.5) is 5.69 Å². The Bertz CT molecular complexity index is 367. The number of rotatable bonds is 3. The highest BCUT2D eigenvalue weighted by Gasteiger charge is 2.13. The van der Waals surface area contributed by atoms with Crippen LogP contribution in [0.2, 0.25) is 0 Å². The van der Waals surface area contributed by atoms with Crippen LogP contribution < -0.4 is 14.8 Å². The van der Waals surface area contributed by atoms with Crippen LogP contribution in [0.15, 0.2) is 12.1 Å². The lowest BCUT2D eigenvalue weighted by Crippen LogP contribution is -2.26. The van der Waals surface area contributed by atoms with Crippen molar-refractivity contribution in [3.63, 3.8) is 0 Å². The second-order valence-electron chi connectivity index (χ2n) is 4.90. The van der Waals surface area contributed by atoms with Gasteiger partial charge in [0, 0.05) is 17.3 Å². The van der Waals surface area contributed by atoms with Crippen molar-refractivity contribution in [3.05, 3.63) is 17.7 Å². The van der Waals surface area contributed by atoms with Crippen LogP contribution >= 0.6 is 0 Å². The smallest absolute Gasteiger partial charge is 0.163 e. The predicted molar refractivity (Wildman–Crippen MR) is 67.7 cm³/mol. The summed E-state index contributed by atoms with van der Waals surface area (Å²) in [6, 6.07) is 4.02. The van der Waals surface area contributed by atoms with Gasteiger partial charge in [-0.15, -0.1) is 0 Å². The third-order valence-electron chi connectivity index (χ3n) is 2.18. The Hall–Kier alpha value is -1.38. The first-order valence-electron chi connectivity index (χ1n) is 5.38. The first kappa shape index (κ1) is 12.7. The van der Waals surface area contributed by atoms with Gasteiger partial charge in [0.05, 0.1) is 14.2 Å². The van der Waals surface area contributed by atoms with E-state index in [1.807, 2.05) is 13.0 Å². The highest BCUT2D eigenvalue weighted by atomic mass is 16.5. The zero-order valence-electron chi connectivity index (χ0n) is 11.0. The van der Waals surface area contributed by atoms with Crippen molar-refractivity contribution in [2.75, 3.05) is 19.5 Å². The summed E-state index contributed by atoms with van der Waals surface area (Å²) >= 11 is 0. The summed E-state index contributed by atoms with van der Waals surface area (Å²) in [5, 5.41) is 3.41. The fraction of sp³-hybridized carbons (Fsp3) is 0.538. The maximum atomic E-state index is 5.31. The average Bonchev–Trinajstić information content (AvgIpc) is 2.14. The van der Waals surface area contributed by atoms with Crippen LogP contribution in [-0.4, -0.2) is 19.8 Å². The number of ether oxygens (including phenoxy) is 2. The average molecular weight is 223 g/mol. The normalized spacial score (nSPS) is 11.1. The maximum absolute atomic E-state index is 5.31. The standard InChI is InChI=1S/C13H21NO2/c1-9-7-10(14-13(2,3)4)8-11(15-5)12(9)16-6/h7-8,14H,1-6H3. The third-order valence-corrected chi connectivity index (χ3v) is 2.18. The van der Waals surface area contributed by atoms with Gasteiger partial charge in [-0.3, -0.25) is 0 Å².